The third kappa shape index (κ3) is 9.33. The van der Waals surface area contributed by atoms with Gasteiger partial charge in [0.15, 0.2) is 11.5 Å². The maximum absolute atomic E-state index is 14.5. The van der Waals surface area contributed by atoms with E-state index in [1.807, 2.05) is 56.3 Å². The highest BCUT2D eigenvalue weighted by molar-refractivity contribution is 6.07. The van der Waals surface area contributed by atoms with Gasteiger partial charge in [-0.1, -0.05) is 43.3 Å². The molecule has 2 aliphatic heterocycles. The number of nitrogens with one attached hydrogen (secondary N) is 3. The quantitative estimate of drug-likeness (QED) is 0.156. The Bertz CT molecular complexity index is 1950. The summed E-state index contributed by atoms with van der Waals surface area (Å²) in [4.78, 5) is 44.2. The number of likely N-dealkylation sites (N-methyl/N-ethyl adjacent to an activating group) is 1. The van der Waals surface area contributed by atoms with Gasteiger partial charge < -0.3 is 49.8 Å². The number of aliphatic hydroxyl groups is 1. The van der Waals surface area contributed by atoms with Crippen molar-refractivity contribution in [2.24, 2.45) is 5.92 Å². The third-order valence-electron chi connectivity index (χ3n) is 9.77. The van der Waals surface area contributed by atoms with Crippen molar-refractivity contribution in [3.63, 3.8) is 0 Å². The summed E-state index contributed by atoms with van der Waals surface area (Å²) < 4.78 is 23.6. The zero-order valence-electron chi connectivity index (χ0n) is 31.2. The van der Waals surface area contributed by atoms with E-state index in [0.717, 1.165) is 30.0 Å². The van der Waals surface area contributed by atoms with Gasteiger partial charge in [0.1, 0.15) is 5.75 Å². The first-order valence-corrected chi connectivity index (χ1v) is 18.4. The second-order valence-corrected chi connectivity index (χ2v) is 14.0. The molecule has 0 bridgehead atoms. The van der Waals surface area contributed by atoms with Crippen molar-refractivity contribution in [3.05, 3.63) is 84.4 Å². The number of amides is 5. The van der Waals surface area contributed by atoms with Gasteiger partial charge in [-0.2, -0.15) is 0 Å². The van der Waals surface area contributed by atoms with Crippen LogP contribution in [0.1, 0.15) is 50.4 Å². The summed E-state index contributed by atoms with van der Waals surface area (Å²) >= 11 is 0. The highest BCUT2D eigenvalue weighted by Gasteiger charge is 2.31. The van der Waals surface area contributed by atoms with Crippen molar-refractivity contribution in [1.29, 1.82) is 0 Å². The van der Waals surface area contributed by atoms with E-state index in [1.54, 1.807) is 60.2 Å². The molecule has 6 rings (SSSR count). The van der Waals surface area contributed by atoms with Crippen LogP contribution in [0.25, 0.3) is 10.8 Å². The molecule has 0 radical (unpaired) electrons. The molecule has 5 amide bonds. The summed E-state index contributed by atoms with van der Waals surface area (Å²) in [7, 11) is 1.70. The molecule has 4 aromatic rings. The van der Waals surface area contributed by atoms with Gasteiger partial charge in [0.05, 0.1) is 36.1 Å². The lowest BCUT2D eigenvalue weighted by molar-refractivity contribution is -0.0115. The lowest BCUT2D eigenvalue weighted by Gasteiger charge is -2.35. The monoisotopic (exact) mass is 739 g/mol. The van der Waals surface area contributed by atoms with Gasteiger partial charge in [-0.15, -0.1) is 0 Å². The Hall–Kier alpha value is -5.53. The van der Waals surface area contributed by atoms with E-state index < -0.39 is 18.2 Å². The topological polar surface area (TPSA) is 151 Å². The second-order valence-electron chi connectivity index (χ2n) is 14.0. The van der Waals surface area contributed by atoms with Crippen molar-refractivity contribution in [3.8, 4) is 17.2 Å². The fourth-order valence-electron chi connectivity index (χ4n) is 6.63. The van der Waals surface area contributed by atoms with Crippen LogP contribution in [-0.4, -0.2) is 91.3 Å². The van der Waals surface area contributed by atoms with Crippen LogP contribution in [0.2, 0.25) is 0 Å². The fourth-order valence-corrected chi connectivity index (χ4v) is 6.63. The number of hydrogen-bond acceptors (Lipinski definition) is 8. The Balaban J connectivity index is 1.21. The van der Waals surface area contributed by atoms with E-state index in [9.17, 15) is 19.5 Å². The van der Waals surface area contributed by atoms with Crippen LogP contribution in [0, 0.1) is 5.92 Å². The minimum Gasteiger partial charge on any atom is -0.490 e. The Morgan fingerprint density at radius 2 is 1.65 bits per heavy atom. The molecule has 4 aromatic carbocycles. The van der Waals surface area contributed by atoms with Gasteiger partial charge in [-0.25, -0.2) is 9.59 Å². The molecule has 4 N–H and O–H groups in total. The molecule has 0 aromatic heterocycles. The summed E-state index contributed by atoms with van der Waals surface area (Å²) in [6.45, 7) is 6.50. The predicted molar refractivity (Wildman–Crippen MR) is 208 cm³/mol. The van der Waals surface area contributed by atoms with Gasteiger partial charge >= 0.3 is 12.1 Å². The minimum absolute atomic E-state index is 0.136. The summed E-state index contributed by atoms with van der Waals surface area (Å²) in [5, 5.41) is 20.9. The molecule has 0 saturated heterocycles. The summed E-state index contributed by atoms with van der Waals surface area (Å²) in [5.41, 5.74) is 1.88. The van der Waals surface area contributed by atoms with E-state index in [0.29, 0.717) is 40.9 Å². The second kappa shape index (κ2) is 17.5. The highest BCUT2D eigenvalue weighted by atomic mass is 16.7. The van der Waals surface area contributed by atoms with E-state index in [1.165, 1.54) is 0 Å². The molecule has 0 unspecified atom stereocenters. The van der Waals surface area contributed by atoms with Gasteiger partial charge in [-0.05, 0) is 74.9 Å². The Morgan fingerprint density at radius 3 is 2.46 bits per heavy atom. The van der Waals surface area contributed by atoms with Crippen LogP contribution >= 0.6 is 0 Å². The molecule has 13 nitrogen and oxygen atoms in total. The molecular weight excluding hydrogens is 690 g/mol. The maximum Gasteiger partial charge on any atom is 0.323 e. The number of carbonyl (C=O) groups is 3. The number of hydrogen-bond donors (Lipinski definition) is 4. The lowest BCUT2D eigenvalue weighted by atomic mass is 10.0. The first-order chi connectivity index (χ1) is 26.1. The van der Waals surface area contributed by atoms with Gasteiger partial charge in [-0.3, -0.25) is 4.79 Å². The van der Waals surface area contributed by atoms with Crippen molar-refractivity contribution < 1.29 is 38.4 Å². The molecule has 13 heteroatoms. The average Bonchev–Trinajstić information content (AvgIpc) is 3.64. The Kier molecular flexibility index (Phi) is 12.4. The molecule has 0 aliphatic carbocycles. The van der Waals surface area contributed by atoms with Crippen molar-refractivity contribution >= 4 is 45.8 Å². The lowest BCUT2D eigenvalue weighted by Crippen LogP contribution is -2.48. The molecule has 0 saturated carbocycles. The van der Waals surface area contributed by atoms with Gasteiger partial charge in [0.2, 0.25) is 6.79 Å². The number of ether oxygens (including phenoxy) is 4. The van der Waals surface area contributed by atoms with E-state index in [-0.39, 0.29) is 56.0 Å². The van der Waals surface area contributed by atoms with Gasteiger partial charge in [0.25, 0.3) is 5.91 Å². The molecule has 0 spiro atoms. The van der Waals surface area contributed by atoms with E-state index in [4.69, 9.17) is 18.9 Å². The Labute approximate surface area is 315 Å². The first-order valence-electron chi connectivity index (χ1n) is 18.4. The number of urea groups is 2. The largest absolute Gasteiger partial charge is 0.490 e. The van der Waals surface area contributed by atoms with Crippen LogP contribution < -0.4 is 30.2 Å². The normalized spacial score (nSPS) is 19.5. The summed E-state index contributed by atoms with van der Waals surface area (Å²) in [5.74, 6) is 0.962. The maximum atomic E-state index is 14.5. The van der Waals surface area contributed by atoms with Crippen molar-refractivity contribution in [2.75, 3.05) is 56.1 Å². The van der Waals surface area contributed by atoms with Crippen LogP contribution in [0.3, 0.4) is 0 Å². The van der Waals surface area contributed by atoms with Crippen LogP contribution in [0.5, 0.6) is 17.2 Å². The number of benzene rings is 4. The summed E-state index contributed by atoms with van der Waals surface area (Å²) in [6.07, 6.45) is 1.69. The minimum atomic E-state index is -0.558. The van der Waals surface area contributed by atoms with Crippen LogP contribution in [0.4, 0.5) is 26.7 Å². The molecule has 2 heterocycles. The number of fused-ring (bicyclic) bond motifs is 3. The number of aliphatic hydroxyl groups excluding tert-OH is 1. The van der Waals surface area contributed by atoms with Crippen LogP contribution in [-0.2, 0) is 4.74 Å². The Morgan fingerprint density at radius 1 is 0.907 bits per heavy atom. The van der Waals surface area contributed by atoms with Crippen LogP contribution in [0.15, 0.2) is 78.9 Å². The fraction of sp³-hybridized carbons (Fsp3) is 0.390. The highest BCUT2D eigenvalue weighted by Crippen LogP contribution is 2.34. The number of anilines is 3. The SMILES string of the molecule is C[C@H](CO)N1C[C@H](C)[C@H](CN(C)C(=O)Nc2ccc3c(c2)OCO3)OCCCC[C@H](C)Oc2ccc(NC(=O)Nc3cccc4ccccc34)cc2C1=O. The molecule has 54 heavy (non-hydrogen) atoms. The van der Waals surface area contributed by atoms with Crippen molar-refractivity contribution in [1.82, 2.24) is 9.80 Å². The molecule has 4 atom stereocenters. The zero-order valence-corrected chi connectivity index (χ0v) is 31.2. The molecular formula is C41H49N5O8. The van der Waals surface area contributed by atoms with E-state index >= 15 is 0 Å². The van der Waals surface area contributed by atoms with Crippen molar-refractivity contribution in [2.45, 2.75) is 58.3 Å². The summed E-state index contributed by atoms with van der Waals surface area (Å²) in [6, 6.07) is 22.4. The first kappa shape index (κ1) is 38.2. The number of rotatable bonds is 7. The standard InChI is InChI=1S/C41H49N5O8/c1-26-22-46(27(2)24-47)39(48)33-20-30(42-40(49)44-34-14-9-12-29-11-5-6-13-32(29)34)15-17-35(33)54-28(3)10-7-8-19-51-38(26)23-45(4)41(50)43-31-16-18-36-37(21-31)53-25-52-36/h5-6,9,11-18,20-21,26-28,38,47H,7-8,10,19,22-25H2,1-4H3,(H,43,50)(H2,42,44,49)/t26-,27+,28-,38-/m0/s1. The smallest absolute Gasteiger partial charge is 0.323 e. The van der Waals surface area contributed by atoms with Gasteiger partial charge in [0, 0.05) is 55.5 Å². The third-order valence-corrected chi connectivity index (χ3v) is 9.77. The number of nitrogens with zero attached hydrogens (tertiary/aromatic N) is 2. The zero-order chi connectivity index (χ0) is 38.2. The average molecular weight is 740 g/mol. The van der Waals surface area contributed by atoms with E-state index in [2.05, 4.69) is 16.0 Å². The predicted octanol–water partition coefficient (Wildman–Crippen LogP) is 7.17. The molecule has 2 aliphatic rings. The molecule has 0 fully saturated rings. The number of carbonyl (C=O) groups excluding carboxylic acids is 3. The molecule has 286 valence electrons.